The summed E-state index contributed by atoms with van der Waals surface area (Å²) in [4.78, 5) is 4.12. The normalized spacial score (nSPS) is 10.2. The maximum absolute atomic E-state index is 4.12. The van der Waals surface area contributed by atoms with E-state index in [2.05, 4.69) is 23.3 Å². The van der Waals surface area contributed by atoms with Crippen molar-refractivity contribution in [2.45, 2.75) is 13.5 Å². The number of imidazole rings is 1. The van der Waals surface area contributed by atoms with Crippen molar-refractivity contribution in [3.63, 3.8) is 0 Å². The van der Waals surface area contributed by atoms with Crippen molar-refractivity contribution in [3.05, 3.63) is 54.1 Å². The number of aromatic nitrogens is 2. The lowest BCUT2D eigenvalue weighted by molar-refractivity contribution is 0.756. The van der Waals surface area contributed by atoms with E-state index < -0.39 is 0 Å². The molecule has 0 saturated carbocycles. The molecule has 0 bridgehead atoms. The zero-order valence-corrected chi connectivity index (χ0v) is 7.57. The second kappa shape index (κ2) is 3.44. The summed E-state index contributed by atoms with van der Waals surface area (Å²) in [6.07, 6.45) is 4.77. The number of nitrogens with zero attached hydrogens (tertiary/aromatic N) is 2. The molecule has 2 rings (SSSR count). The molecular formula is C11H11N2. The van der Waals surface area contributed by atoms with Crippen molar-refractivity contribution in [2.24, 2.45) is 0 Å². The first-order chi connectivity index (χ1) is 6.36. The Balaban J connectivity index is 2.20. The van der Waals surface area contributed by atoms with Crippen molar-refractivity contribution in [3.8, 4) is 0 Å². The molecule has 1 aromatic heterocycles. The summed E-state index contributed by atoms with van der Waals surface area (Å²) >= 11 is 0. The van der Waals surface area contributed by atoms with Gasteiger partial charge in [-0.1, -0.05) is 30.3 Å². The van der Waals surface area contributed by atoms with E-state index in [1.165, 1.54) is 5.56 Å². The number of rotatable bonds is 2. The Morgan fingerprint density at radius 3 is 2.69 bits per heavy atom. The maximum atomic E-state index is 4.12. The van der Waals surface area contributed by atoms with E-state index in [-0.39, 0.29) is 0 Å². The molecule has 0 fully saturated rings. The molecule has 1 radical (unpaired) electrons. The molecule has 0 aliphatic carbocycles. The second-order valence-electron chi connectivity index (χ2n) is 3.01. The second-order valence-corrected chi connectivity index (χ2v) is 3.01. The zero-order chi connectivity index (χ0) is 9.10. The third kappa shape index (κ3) is 1.78. The fraction of sp³-hybridized carbons (Fsp3) is 0.182. The van der Waals surface area contributed by atoms with Gasteiger partial charge < -0.3 is 4.57 Å². The van der Waals surface area contributed by atoms with Crippen molar-refractivity contribution in [2.75, 3.05) is 0 Å². The fourth-order valence-corrected chi connectivity index (χ4v) is 1.28. The summed E-state index contributed by atoms with van der Waals surface area (Å²) in [5.74, 6) is 1.00. The molecule has 2 heteroatoms. The van der Waals surface area contributed by atoms with Crippen LogP contribution in [0.5, 0.6) is 0 Å². The van der Waals surface area contributed by atoms with Gasteiger partial charge in [-0.05, 0) is 12.5 Å². The summed E-state index contributed by atoms with van der Waals surface area (Å²) in [7, 11) is 0. The van der Waals surface area contributed by atoms with E-state index >= 15 is 0 Å². The highest BCUT2D eigenvalue weighted by molar-refractivity contribution is 5.15. The Morgan fingerprint density at radius 1 is 1.31 bits per heavy atom. The Labute approximate surface area is 77.9 Å². The monoisotopic (exact) mass is 171 g/mol. The van der Waals surface area contributed by atoms with Crippen LogP contribution >= 0.6 is 0 Å². The first-order valence-electron chi connectivity index (χ1n) is 4.30. The molecule has 1 heterocycles. The van der Waals surface area contributed by atoms with Crippen LogP contribution < -0.4 is 0 Å². The highest BCUT2D eigenvalue weighted by Crippen LogP contribution is 2.03. The van der Waals surface area contributed by atoms with E-state index in [9.17, 15) is 0 Å². The molecule has 0 N–H and O–H groups in total. The molecule has 0 atom stereocenters. The van der Waals surface area contributed by atoms with Crippen molar-refractivity contribution in [1.82, 2.24) is 9.55 Å². The molecule has 1 aromatic carbocycles. The minimum absolute atomic E-state index is 0.854. The summed E-state index contributed by atoms with van der Waals surface area (Å²) < 4.78 is 2.01. The zero-order valence-electron chi connectivity index (χ0n) is 7.57. The van der Waals surface area contributed by atoms with Crippen LogP contribution in [0.4, 0.5) is 0 Å². The molecule has 0 unspecified atom stereocenters. The van der Waals surface area contributed by atoms with Gasteiger partial charge in [-0.25, -0.2) is 4.98 Å². The van der Waals surface area contributed by atoms with Gasteiger partial charge in [0.1, 0.15) is 5.82 Å². The smallest absolute Gasteiger partial charge is 0.106 e. The van der Waals surface area contributed by atoms with Crippen molar-refractivity contribution >= 4 is 0 Å². The van der Waals surface area contributed by atoms with Gasteiger partial charge in [-0.3, -0.25) is 0 Å². The van der Waals surface area contributed by atoms with E-state index in [4.69, 9.17) is 0 Å². The van der Waals surface area contributed by atoms with Crippen LogP contribution in [0, 0.1) is 13.1 Å². The van der Waals surface area contributed by atoms with E-state index in [0.29, 0.717) is 0 Å². The third-order valence-corrected chi connectivity index (χ3v) is 2.04. The van der Waals surface area contributed by atoms with Gasteiger partial charge >= 0.3 is 0 Å². The predicted octanol–water partition coefficient (Wildman–Crippen LogP) is 2.04. The van der Waals surface area contributed by atoms with E-state index in [1.54, 1.807) is 6.20 Å². The number of aryl methyl sites for hydroxylation is 1. The number of benzene rings is 1. The van der Waals surface area contributed by atoms with Crippen LogP contribution in [0.3, 0.4) is 0 Å². The van der Waals surface area contributed by atoms with Gasteiger partial charge in [0.15, 0.2) is 0 Å². The molecule has 65 valence electrons. The molecule has 0 amide bonds. The minimum atomic E-state index is 0.854. The Morgan fingerprint density at radius 2 is 2.08 bits per heavy atom. The number of hydrogen-bond acceptors (Lipinski definition) is 1. The van der Waals surface area contributed by atoms with Crippen LogP contribution in [0.1, 0.15) is 11.4 Å². The highest BCUT2D eigenvalue weighted by atomic mass is 15.0. The molecule has 0 saturated heterocycles. The SMILES string of the molecule is Cc1nc[c]n1Cc1ccccc1. The molecule has 0 spiro atoms. The highest BCUT2D eigenvalue weighted by Gasteiger charge is 1.97. The summed E-state index contributed by atoms with van der Waals surface area (Å²) in [5, 5.41) is 0. The lowest BCUT2D eigenvalue weighted by atomic mass is 10.2. The summed E-state index contributed by atoms with van der Waals surface area (Å²) in [6.45, 7) is 2.84. The fourth-order valence-electron chi connectivity index (χ4n) is 1.28. The van der Waals surface area contributed by atoms with Crippen molar-refractivity contribution < 1.29 is 0 Å². The van der Waals surface area contributed by atoms with Crippen LogP contribution in [-0.2, 0) is 6.54 Å². The van der Waals surface area contributed by atoms with Gasteiger partial charge in [0, 0.05) is 6.54 Å². The minimum Gasteiger partial charge on any atom is -0.322 e. The van der Waals surface area contributed by atoms with Crippen LogP contribution in [0.25, 0.3) is 0 Å². The Hall–Kier alpha value is -1.57. The van der Waals surface area contributed by atoms with Crippen LogP contribution in [0.15, 0.2) is 36.5 Å². The van der Waals surface area contributed by atoms with Crippen molar-refractivity contribution in [1.29, 1.82) is 0 Å². The third-order valence-electron chi connectivity index (χ3n) is 2.04. The van der Waals surface area contributed by atoms with Gasteiger partial charge in [0.05, 0.1) is 12.4 Å². The standard InChI is InChI=1S/C11H11N2/c1-10-12-7-8-13(10)9-11-5-3-2-4-6-11/h2-7H,9H2,1H3. The first-order valence-corrected chi connectivity index (χ1v) is 4.30. The quantitative estimate of drug-likeness (QED) is 0.676. The van der Waals surface area contributed by atoms with Gasteiger partial charge in [-0.2, -0.15) is 0 Å². The van der Waals surface area contributed by atoms with Crippen LogP contribution in [0.2, 0.25) is 0 Å². The van der Waals surface area contributed by atoms with Crippen LogP contribution in [-0.4, -0.2) is 9.55 Å². The molecule has 2 nitrogen and oxygen atoms in total. The van der Waals surface area contributed by atoms with Gasteiger partial charge in [-0.15, -0.1) is 0 Å². The maximum Gasteiger partial charge on any atom is 0.106 e. The lowest BCUT2D eigenvalue weighted by Crippen LogP contribution is -2.00. The molecule has 0 aliphatic rings. The molecular weight excluding hydrogens is 160 g/mol. The molecule has 0 aliphatic heterocycles. The predicted molar refractivity (Wildman–Crippen MR) is 51.3 cm³/mol. The van der Waals surface area contributed by atoms with E-state index in [0.717, 1.165) is 12.4 Å². The molecule has 2 aromatic rings. The lowest BCUT2D eigenvalue weighted by Gasteiger charge is -2.03. The van der Waals surface area contributed by atoms with Gasteiger partial charge in [0.25, 0.3) is 0 Å². The summed E-state index contributed by atoms with van der Waals surface area (Å²) in [6, 6.07) is 10.3. The summed E-state index contributed by atoms with van der Waals surface area (Å²) in [5.41, 5.74) is 1.28. The topological polar surface area (TPSA) is 17.8 Å². The first kappa shape index (κ1) is 8.05. The average molecular weight is 171 g/mol. The van der Waals surface area contributed by atoms with Gasteiger partial charge in [0.2, 0.25) is 0 Å². The number of hydrogen-bond donors (Lipinski definition) is 0. The van der Waals surface area contributed by atoms with E-state index in [1.807, 2.05) is 29.7 Å². The largest absolute Gasteiger partial charge is 0.322 e. The Kier molecular flexibility index (Phi) is 2.13. The Bertz CT molecular complexity index is 376. The average Bonchev–Trinajstić information content (AvgIpc) is 2.54. The molecule has 13 heavy (non-hydrogen) atoms.